The maximum atomic E-state index is 12.7. The molecule has 0 radical (unpaired) electrons. The van der Waals surface area contributed by atoms with Crippen LogP contribution in [-0.2, 0) is 9.47 Å². The van der Waals surface area contributed by atoms with E-state index in [1.807, 2.05) is 51.1 Å². The normalized spacial score (nSPS) is 12.3. The van der Waals surface area contributed by atoms with E-state index >= 15 is 0 Å². The third-order valence-electron chi connectivity index (χ3n) is 4.69. The largest absolute Gasteiger partial charge is 0.453 e. The second kappa shape index (κ2) is 8.47. The molecule has 0 spiro atoms. The summed E-state index contributed by atoms with van der Waals surface area (Å²) in [6.45, 7) is 6.08. The average Bonchev–Trinajstić information content (AvgIpc) is 3.16. The monoisotopic (exact) mass is 419 g/mol. The van der Waals surface area contributed by atoms with Crippen LogP contribution in [0.25, 0.3) is 10.1 Å². The Balaban J connectivity index is 1.74. The molecule has 0 amide bonds. The number of thiophene rings is 1. The fourth-order valence-electron chi connectivity index (χ4n) is 3.47. The van der Waals surface area contributed by atoms with Gasteiger partial charge in [0.25, 0.3) is 0 Å². The highest BCUT2D eigenvalue weighted by Crippen LogP contribution is 2.35. The minimum Gasteiger partial charge on any atom is -0.453 e. The third kappa shape index (κ3) is 3.85. The van der Waals surface area contributed by atoms with E-state index in [0.29, 0.717) is 22.1 Å². The molecular formula is C21H22ClNO4S. The third-order valence-corrected chi connectivity index (χ3v) is 6.34. The van der Waals surface area contributed by atoms with Gasteiger partial charge in [-0.15, -0.1) is 11.3 Å². The summed E-state index contributed by atoms with van der Waals surface area (Å²) in [5.41, 5.74) is 2.35. The van der Waals surface area contributed by atoms with Gasteiger partial charge in [-0.3, -0.25) is 4.79 Å². The van der Waals surface area contributed by atoms with Crippen LogP contribution in [0.5, 0.6) is 0 Å². The lowest BCUT2D eigenvalue weighted by molar-refractivity contribution is 0.0479. The number of aryl methyl sites for hydroxylation is 1. The fourth-order valence-corrected chi connectivity index (χ4v) is 4.88. The van der Waals surface area contributed by atoms with Crippen LogP contribution in [0.1, 0.15) is 44.4 Å². The molecule has 1 aromatic carbocycles. The lowest BCUT2D eigenvalue weighted by Gasteiger charge is -2.17. The van der Waals surface area contributed by atoms with Crippen LogP contribution < -0.4 is 0 Å². The molecule has 3 aromatic rings. The number of aromatic nitrogens is 1. The fraction of sp³-hybridized carbons (Fsp3) is 0.333. The number of carbonyl (C=O) groups excluding carboxylic acids is 2. The van der Waals surface area contributed by atoms with Crippen molar-refractivity contribution in [2.45, 2.75) is 26.8 Å². The van der Waals surface area contributed by atoms with Gasteiger partial charge in [0.05, 0.1) is 17.7 Å². The molecule has 0 aliphatic heterocycles. The summed E-state index contributed by atoms with van der Waals surface area (Å²) >= 11 is 7.57. The summed E-state index contributed by atoms with van der Waals surface area (Å²) in [5, 5.41) is 1.17. The van der Waals surface area contributed by atoms with E-state index in [9.17, 15) is 9.59 Å². The van der Waals surface area contributed by atoms with Gasteiger partial charge in [0, 0.05) is 34.1 Å². The van der Waals surface area contributed by atoms with Gasteiger partial charge < -0.3 is 14.0 Å². The number of Topliss-reactive ketones (excluding diaryl/α,β-unsaturated/α-hetero) is 1. The zero-order valence-electron chi connectivity index (χ0n) is 16.2. The first-order chi connectivity index (χ1) is 13.3. The van der Waals surface area contributed by atoms with Gasteiger partial charge >= 0.3 is 5.97 Å². The van der Waals surface area contributed by atoms with Crippen molar-refractivity contribution >= 4 is 44.8 Å². The maximum absolute atomic E-state index is 12.7. The first kappa shape index (κ1) is 20.6. The number of benzene rings is 1. The second-order valence-electron chi connectivity index (χ2n) is 6.70. The summed E-state index contributed by atoms with van der Waals surface area (Å²) in [5.74, 6) is -0.823. The molecule has 2 heterocycles. The molecule has 28 heavy (non-hydrogen) atoms. The van der Waals surface area contributed by atoms with Crippen LogP contribution in [0, 0.1) is 13.8 Å². The molecule has 0 bridgehead atoms. The van der Waals surface area contributed by atoms with Crippen molar-refractivity contribution in [3.63, 3.8) is 0 Å². The van der Waals surface area contributed by atoms with E-state index in [1.54, 1.807) is 7.11 Å². The summed E-state index contributed by atoms with van der Waals surface area (Å²) in [4.78, 5) is 25.4. The van der Waals surface area contributed by atoms with Crippen molar-refractivity contribution in [2.24, 2.45) is 0 Å². The number of methoxy groups -OCH3 is 1. The lowest BCUT2D eigenvalue weighted by atomic mass is 10.1. The van der Waals surface area contributed by atoms with Crippen molar-refractivity contribution in [1.82, 2.24) is 4.57 Å². The number of ether oxygens (including phenoxy) is 2. The lowest BCUT2D eigenvalue weighted by Crippen LogP contribution is -2.16. The van der Waals surface area contributed by atoms with Crippen molar-refractivity contribution in [3.8, 4) is 0 Å². The van der Waals surface area contributed by atoms with Crippen LogP contribution in [-0.4, -0.2) is 36.6 Å². The molecule has 0 saturated carbocycles. The smallest absolute Gasteiger partial charge is 0.350 e. The molecule has 1 atom stereocenters. The molecule has 7 heteroatoms. The topological polar surface area (TPSA) is 57.5 Å². The molecule has 3 rings (SSSR count). The van der Waals surface area contributed by atoms with E-state index in [2.05, 4.69) is 4.57 Å². The number of ketones is 1. The predicted molar refractivity (Wildman–Crippen MR) is 112 cm³/mol. The highest BCUT2D eigenvalue weighted by molar-refractivity contribution is 7.21. The summed E-state index contributed by atoms with van der Waals surface area (Å²) in [6, 6.07) is 9.42. The highest BCUT2D eigenvalue weighted by atomic mass is 35.5. The quantitative estimate of drug-likeness (QED) is 0.389. The first-order valence-electron chi connectivity index (χ1n) is 8.89. The van der Waals surface area contributed by atoms with E-state index < -0.39 is 5.97 Å². The van der Waals surface area contributed by atoms with Gasteiger partial charge in [-0.1, -0.05) is 29.8 Å². The number of fused-ring (bicyclic) bond motifs is 1. The van der Waals surface area contributed by atoms with E-state index in [0.717, 1.165) is 21.5 Å². The number of esters is 1. The molecule has 5 nitrogen and oxygen atoms in total. The summed E-state index contributed by atoms with van der Waals surface area (Å²) in [6.07, 6.45) is 0. The minimum atomic E-state index is -0.582. The molecule has 0 saturated heterocycles. The maximum Gasteiger partial charge on any atom is 0.350 e. The van der Waals surface area contributed by atoms with E-state index in [1.165, 1.54) is 11.3 Å². The van der Waals surface area contributed by atoms with Crippen molar-refractivity contribution in [2.75, 3.05) is 20.3 Å². The van der Waals surface area contributed by atoms with Gasteiger partial charge in [-0.25, -0.2) is 4.79 Å². The zero-order chi connectivity index (χ0) is 20.4. The Kier molecular flexibility index (Phi) is 6.23. The van der Waals surface area contributed by atoms with Gasteiger partial charge in [-0.2, -0.15) is 0 Å². The molecule has 1 unspecified atom stereocenters. The van der Waals surface area contributed by atoms with Crippen molar-refractivity contribution in [1.29, 1.82) is 0 Å². The molecule has 0 aliphatic rings. The highest BCUT2D eigenvalue weighted by Gasteiger charge is 2.22. The number of carbonyl (C=O) groups is 2. The van der Waals surface area contributed by atoms with Gasteiger partial charge in [0.1, 0.15) is 4.88 Å². The van der Waals surface area contributed by atoms with Crippen LogP contribution in [0.2, 0.25) is 5.02 Å². The SMILES string of the molecule is COCC(C)n1c(C)cc(C(=O)COC(=O)c2sc3ccccc3c2Cl)c1C. The summed E-state index contributed by atoms with van der Waals surface area (Å²) in [7, 11) is 1.65. The van der Waals surface area contributed by atoms with Gasteiger partial charge in [0.15, 0.2) is 6.61 Å². The van der Waals surface area contributed by atoms with Crippen molar-refractivity contribution in [3.05, 3.63) is 57.2 Å². The molecule has 148 valence electrons. The summed E-state index contributed by atoms with van der Waals surface area (Å²) < 4.78 is 13.4. The van der Waals surface area contributed by atoms with Crippen LogP contribution in [0.4, 0.5) is 0 Å². The molecule has 0 aliphatic carbocycles. The zero-order valence-corrected chi connectivity index (χ0v) is 17.8. The van der Waals surface area contributed by atoms with E-state index in [-0.39, 0.29) is 18.4 Å². The van der Waals surface area contributed by atoms with Crippen LogP contribution in [0.3, 0.4) is 0 Å². The molecule has 0 fully saturated rings. The van der Waals surface area contributed by atoms with E-state index in [4.69, 9.17) is 21.1 Å². The van der Waals surface area contributed by atoms with Crippen LogP contribution >= 0.6 is 22.9 Å². The Hall–Kier alpha value is -2.15. The number of nitrogens with zero attached hydrogens (tertiary/aromatic N) is 1. The number of rotatable bonds is 7. The minimum absolute atomic E-state index is 0.103. The molecular weight excluding hydrogens is 398 g/mol. The Labute approximate surface area is 172 Å². The Morgan fingerprint density at radius 2 is 1.96 bits per heavy atom. The standard InChI is InChI=1S/C21H22ClNO4S/c1-12-9-16(14(3)23(12)13(2)10-26-4)17(24)11-27-21(25)20-19(22)15-7-5-6-8-18(15)28-20/h5-9,13H,10-11H2,1-4H3. The van der Waals surface area contributed by atoms with Gasteiger partial charge in [-0.05, 0) is 32.9 Å². The molecule has 0 N–H and O–H groups in total. The second-order valence-corrected chi connectivity index (χ2v) is 8.13. The Bertz CT molecular complexity index is 1040. The average molecular weight is 420 g/mol. The Morgan fingerprint density at radius 1 is 1.25 bits per heavy atom. The van der Waals surface area contributed by atoms with Crippen molar-refractivity contribution < 1.29 is 19.1 Å². The molecule has 2 aromatic heterocycles. The van der Waals surface area contributed by atoms with Crippen LogP contribution in [0.15, 0.2) is 30.3 Å². The number of hydrogen-bond donors (Lipinski definition) is 0. The number of hydrogen-bond acceptors (Lipinski definition) is 5. The first-order valence-corrected chi connectivity index (χ1v) is 10.1. The predicted octanol–water partition coefficient (Wildman–Crippen LogP) is 5.22. The van der Waals surface area contributed by atoms with Gasteiger partial charge in [0.2, 0.25) is 5.78 Å². The Morgan fingerprint density at radius 3 is 2.64 bits per heavy atom. The number of halogens is 1.